The van der Waals surface area contributed by atoms with Gasteiger partial charge in [0.15, 0.2) is 5.60 Å². The van der Waals surface area contributed by atoms with E-state index in [0.717, 1.165) is 11.1 Å². The highest BCUT2D eigenvalue weighted by Gasteiger charge is 2.49. The molecule has 0 unspecified atom stereocenters. The minimum Gasteiger partial charge on any atom is -0.465 e. The molecule has 0 radical (unpaired) electrons. The molecule has 2 aliphatic heterocycles. The minimum absolute atomic E-state index is 0.156. The third-order valence-corrected chi connectivity index (χ3v) is 7.44. The Morgan fingerprint density at radius 2 is 1.97 bits per heavy atom. The molecule has 39 heavy (non-hydrogen) atoms. The van der Waals surface area contributed by atoms with Crippen LogP contribution in [0.3, 0.4) is 0 Å². The summed E-state index contributed by atoms with van der Waals surface area (Å²) >= 11 is 6.27. The van der Waals surface area contributed by atoms with E-state index in [1.165, 1.54) is 0 Å². The third kappa shape index (κ3) is 4.74. The fourth-order valence-corrected chi connectivity index (χ4v) is 5.58. The monoisotopic (exact) mass is 545 g/mol. The number of H-pyrrole nitrogens is 1. The summed E-state index contributed by atoms with van der Waals surface area (Å²) in [5.74, 6) is -0.336. The number of imidazole rings is 1. The van der Waals surface area contributed by atoms with E-state index in [2.05, 4.69) is 15.6 Å². The van der Waals surface area contributed by atoms with Gasteiger partial charge in [0, 0.05) is 29.2 Å². The van der Waals surface area contributed by atoms with Crippen molar-refractivity contribution in [2.75, 3.05) is 23.7 Å². The number of rotatable bonds is 5. The van der Waals surface area contributed by atoms with Gasteiger partial charge in [-0.05, 0) is 48.4 Å². The van der Waals surface area contributed by atoms with Gasteiger partial charge in [0.05, 0.1) is 23.3 Å². The number of benzene rings is 3. The summed E-state index contributed by atoms with van der Waals surface area (Å²) in [5, 5.41) is 14.6. The zero-order valence-electron chi connectivity index (χ0n) is 20.6. The molecule has 4 N–H and O–H groups in total. The van der Waals surface area contributed by atoms with Crippen LogP contribution < -0.4 is 10.6 Å². The van der Waals surface area contributed by atoms with Gasteiger partial charge >= 0.3 is 12.2 Å². The Labute approximate surface area is 227 Å². The van der Waals surface area contributed by atoms with Gasteiger partial charge in [-0.15, -0.1) is 0 Å². The van der Waals surface area contributed by atoms with Crippen LogP contribution >= 0.6 is 11.6 Å². The molecule has 1 aromatic heterocycles. The number of aromatic nitrogens is 2. The largest absolute Gasteiger partial charge is 0.465 e. The molecule has 4 aromatic rings. The predicted octanol–water partition coefficient (Wildman–Crippen LogP) is 5.32. The first-order chi connectivity index (χ1) is 18.8. The number of carbonyl (C=O) groups excluding carboxylic acids is 2. The molecule has 198 valence electrons. The first-order valence-corrected chi connectivity index (χ1v) is 12.8. The van der Waals surface area contributed by atoms with Crippen molar-refractivity contribution in [3.05, 3.63) is 88.7 Å². The van der Waals surface area contributed by atoms with Gasteiger partial charge in [0.25, 0.3) is 0 Å². The highest BCUT2D eigenvalue weighted by molar-refractivity contribution is 6.30. The average molecular weight is 546 g/mol. The maximum atomic E-state index is 14.1. The zero-order valence-corrected chi connectivity index (χ0v) is 21.4. The van der Waals surface area contributed by atoms with E-state index < -0.39 is 23.7 Å². The highest BCUT2D eigenvalue weighted by atomic mass is 35.5. The molecular weight excluding hydrogens is 522 g/mol. The average Bonchev–Trinajstić information content (AvgIpc) is 3.52. The lowest BCUT2D eigenvalue weighted by molar-refractivity contribution is -0.133. The molecule has 2 aliphatic rings. The summed E-state index contributed by atoms with van der Waals surface area (Å²) in [6.45, 7) is 0.570. The number of fused-ring (bicyclic) bond motifs is 3. The van der Waals surface area contributed by atoms with E-state index in [1.807, 2.05) is 30.3 Å². The second kappa shape index (κ2) is 9.63. The Morgan fingerprint density at radius 3 is 2.77 bits per heavy atom. The van der Waals surface area contributed by atoms with E-state index in [9.17, 15) is 14.4 Å². The number of amides is 3. The van der Waals surface area contributed by atoms with Gasteiger partial charge in [-0.2, -0.15) is 0 Å². The van der Waals surface area contributed by atoms with Gasteiger partial charge < -0.3 is 19.7 Å². The fraction of sp³-hybridized carbons (Fsp3) is 0.214. The molecule has 0 saturated carbocycles. The van der Waals surface area contributed by atoms with Crippen molar-refractivity contribution in [3.8, 4) is 0 Å². The maximum absolute atomic E-state index is 14.1. The zero-order chi connectivity index (χ0) is 27.1. The number of ether oxygens (including phenoxy) is 1. The molecular formula is C28H24ClN5O5. The number of nitrogens with one attached hydrogen (secondary N) is 3. The number of anilines is 2. The fourth-order valence-electron chi connectivity index (χ4n) is 5.41. The molecule has 3 aromatic carbocycles. The normalized spacial score (nSPS) is 18.9. The summed E-state index contributed by atoms with van der Waals surface area (Å²) in [6, 6.07) is 19.8. The molecule has 11 heteroatoms. The van der Waals surface area contributed by atoms with Crippen LogP contribution in [0, 0.1) is 0 Å². The lowest BCUT2D eigenvalue weighted by Crippen LogP contribution is -2.43. The molecule has 1 spiro atoms. The van der Waals surface area contributed by atoms with Crippen LogP contribution in [0.25, 0.3) is 11.0 Å². The van der Waals surface area contributed by atoms with Gasteiger partial charge in [-0.3, -0.25) is 15.4 Å². The number of halogens is 1. The van der Waals surface area contributed by atoms with Crippen molar-refractivity contribution in [2.24, 2.45) is 0 Å². The van der Waals surface area contributed by atoms with Gasteiger partial charge in [-0.25, -0.2) is 14.6 Å². The standard InChI is InChI=1S/C28H24ClN5O5/c29-17-6-8-21-20(13-17)28(39-27(38)33-21)10-11-34(15-28)25(35)19(12-16-4-2-1-3-5-16)24-31-22-9-7-18(30-26(36)37)14-23(22)32-24/h1-9,13-14,19,30H,10-12,15H2,(H,31,32)(H,33,38)(H,36,37)/t19-,28+/m0/s1. The Hall–Kier alpha value is -4.57. The molecule has 3 heterocycles. The van der Waals surface area contributed by atoms with Crippen LogP contribution in [-0.4, -0.2) is 51.2 Å². The summed E-state index contributed by atoms with van der Waals surface area (Å²) in [4.78, 5) is 47.2. The van der Waals surface area contributed by atoms with Crippen molar-refractivity contribution in [2.45, 2.75) is 24.4 Å². The number of hydrogen-bond donors (Lipinski definition) is 4. The van der Waals surface area contributed by atoms with E-state index >= 15 is 0 Å². The van der Waals surface area contributed by atoms with Crippen molar-refractivity contribution in [3.63, 3.8) is 0 Å². The van der Waals surface area contributed by atoms with Gasteiger partial charge in [0.2, 0.25) is 5.91 Å². The van der Waals surface area contributed by atoms with E-state index in [0.29, 0.717) is 52.6 Å². The van der Waals surface area contributed by atoms with Crippen molar-refractivity contribution < 1.29 is 24.2 Å². The van der Waals surface area contributed by atoms with E-state index in [-0.39, 0.29) is 12.5 Å². The lowest BCUT2D eigenvalue weighted by Gasteiger charge is -2.35. The molecule has 0 aliphatic carbocycles. The van der Waals surface area contributed by atoms with Gasteiger partial charge in [-0.1, -0.05) is 41.9 Å². The molecule has 10 nitrogen and oxygen atoms in total. The summed E-state index contributed by atoms with van der Waals surface area (Å²) in [6.07, 6.45) is -0.909. The number of aromatic amines is 1. The Bertz CT molecular complexity index is 1610. The first-order valence-electron chi connectivity index (χ1n) is 12.4. The number of nitrogens with zero attached hydrogens (tertiary/aromatic N) is 2. The van der Waals surface area contributed by atoms with Crippen LogP contribution in [0.15, 0.2) is 66.7 Å². The predicted molar refractivity (Wildman–Crippen MR) is 145 cm³/mol. The SMILES string of the molecule is O=C(O)Nc1ccc2nc([C@H](Cc3ccccc3)C(=O)N3CC[C@]4(C3)OC(=O)Nc3ccc(Cl)cc34)[nH]c2c1. The number of carbonyl (C=O) groups is 3. The molecule has 2 atom stereocenters. The quantitative estimate of drug-likeness (QED) is 0.268. The van der Waals surface area contributed by atoms with E-state index in [4.69, 9.17) is 26.4 Å². The van der Waals surface area contributed by atoms with Gasteiger partial charge in [0.1, 0.15) is 11.7 Å². The number of likely N-dealkylation sites (tertiary alicyclic amines) is 1. The van der Waals surface area contributed by atoms with Crippen molar-refractivity contribution in [1.29, 1.82) is 0 Å². The second-order valence-corrected chi connectivity index (χ2v) is 10.2. The van der Waals surface area contributed by atoms with Crippen LogP contribution in [0.2, 0.25) is 5.02 Å². The van der Waals surface area contributed by atoms with Crippen molar-refractivity contribution >= 4 is 52.1 Å². The van der Waals surface area contributed by atoms with Crippen LogP contribution in [0.5, 0.6) is 0 Å². The lowest BCUT2D eigenvalue weighted by atomic mass is 9.90. The highest BCUT2D eigenvalue weighted by Crippen LogP contribution is 2.44. The first kappa shape index (κ1) is 24.7. The second-order valence-electron chi connectivity index (χ2n) is 9.73. The maximum Gasteiger partial charge on any atom is 0.412 e. The smallest absolute Gasteiger partial charge is 0.412 e. The molecule has 1 saturated heterocycles. The number of hydrogen-bond acceptors (Lipinski definition) is 5. The van der Waals surface area contributed by atoms with Crippen LogP contribution in [0.4, 0.5) is 21.0 Å². The van der Waals surface area contributed by atoms with Crippen LogP contribution in [0.1, 0.15) is 29.3 Å². The summed E-state index contributed by atoms with van der Waals surface area (Å²) in [7, 11) is 0. The number of carboxylic acid groups (broad SMARTS) is 1. The molecule has 0 bridgehead atoms. The third-order valence-electron chi connectivity index (χ3n) is 7.20. The Balaban J connectivity index is 1.34. The Morgan fingerprint density at radius 1 is 1.15 bits per heavy atom. The Kier molecular flexibility index (Phi) is 6.11. The molecule has 1 fully saturated rings. The molecule has 3 amide bonds. The van der Waals surface area contributed by atoms with E-state index in [1.54, 1.807) is 41.3 Å². The van der Waals surface area contributed by atoms with Crippen LogP contribution in [-0.2, 0) is 21.6 Å². The minimum atomic E-state index is -1.17. The summed E-state index contributed by atoms with van der Waals surface area (Å²) in [5.41, 5.74) is 2.93. The molecule has 6 rings (SSSR count). The van der Waals surface area contributed by atoms with Crippen molar-refractivity contribution in [1.82, 2.24) is 14.9 Å². The summed E-state index contributed by atoms with van der Waals surface area (Å²) < 4.78 is 5.81. The topological polar surface area (TPSA) is 137 Å².